The number of rotatable bonds is 5. The third-order valence-electron chi connectivity index (χ3n) is 3.02. The molecular formula is C12H38N2P2Si4. The van der Waals surface area contributed by atoms with E-state index >= 15 is 0 Å². The summed E-state index contributed by atoms with van der Waals surface area (Å²) in [4.78, 5) is 0. The van der Waals surface area contributed by atoms with Crippen LogP contribution in [0.25, 0.3) is 0 Å². The van der Waals surface area contributed by atoms with Gasteiger partial charge in [-0.2, -0.15) is 0 Å². The van der Waals surface area contributed by atoms with Crippen LogP contribution >= 0.6 is 13.8 Å². The first kappa shape index (κ1) is 21.5. The fraction of sp³-hybridized carbons (Fsp3) is 1.00. The smallest absolute Gasteiger partial charge is 0.117 e. The Bertz CT molecular complexity index is 384. The predicted octanol–water partition coefficient (Wildman–Crippen LogP) is 6.30. The van der Waals surface area contributed by atoms with Crippen LogP contribution in [0.5, 0.6) is 0 Å². The van der Waals surface area contributed by atoms with Gasteiger partial charge in [0.25, 0.3) is 0 Å². The van der Waals surface area contributed by atoms with Gasteiger partial charge in [0.1, 0.15) is 32.0 Å². The van der Waals surface area contributed by atoms with Crippen LogP contribution in [0.4, 0.5) is 0 Å². The van der Waals surface area contributed by atoms with Gasteiger partial charge in [0, 0.05) is 0 Å². The van der Waals surface area contributed by atoms with Crippen LogP contribution in [0.15, 0.2) is 0 Å². The van der Waals surface area contributed by atoms with Crippen molar-refractivity contribution in [2.24, 2.45) is 5.50 Å². The van der Waals surface area contributed by atoms with Crippen molar-refractivity contribution in [3.63, 3.8) is 0 Å². The highest BCUT2D eigenvalue weighted by Crippen LogP contribution is 2.65. The summed E-state index contributed by atoms with van der Waals surface area (Å²) in [6, 6.07) is 0. The monoisotopic (exact) mass is 384 g/mol. The zero-order chi connectivity index (χ0) is 16.8. The lowest BCUT2D eigenvalue weighted by Crippen LogP contribution is -2.60. The molecule has 0 radical (unpaired) electrons. The van der Waals surface area contributed by atoms with Crippen molar-refractivity contribution in [3.05, 3.63) is 0 Å². The Kier molecular flexibility index (Phi) is 6.67. The van der Waals surface area contributed by atoms with E-state index in [0.717, 1.165) is 0 Å². The second-order valence-electron chi connectivity index (χ2n) is 9.74. The van der Waals surface area contributed by atoms with Crippen molar-refractivity contribution < 1.29 is 0 Å². The van der Waals surface area contributed by atoms with E-state index in [1.54, 1.807) is 7.42 Å². The van der Waals surface area contributed by atoms with E-state index in [2.05, 4.69) is 82.6 Å². The van der Waals surface area contributed by atoms with Gasteiger partial charge in [-0.1, -0.05) is 78.6 Å². The number of nitrogens with two attached hydrogens (primary N) is 1. The van der Waals surface area contributed by atoms with Crippen molar-refractivity contribution in [1.82, 2.24) is 4.00 Å². The van der Waals surface area contributed by atoms with Crippen molar-refractivity contribution in [2.45, 2.75) is 78.6 Å². The molecule has 0 bridgehead atoms. The molecular weight excluding hydrogens is 346 g/mol. The van der Waals surface area contributed by atoms with E-state index in [4.69, 9.17) is 5.50 Å². The Morgan fingerprint density at radius 2 is 1.00 bits per heavy atom. The molecule has 0 saturated carbocycles. The molecule has 0 saturated heterocycles. The molecule has 122 valence electrons. The molecule has 0 aliphatic heterocycles. The van der Waals surface area contributed by atoms with Gasteiger partial charge in [-0.25, -0.2) is 0 Å². The summed E-state index contributed by atoms with van der Waals surface area (Å²) < 4.78 is 3.00. The summed E-state index contributed by atoms with van der Waals surface area (Å²) >= 11 is 0. The molecule has 1 unspecified atom stereocenters. The van der Waals surface area contributed by atoms with Gasteiger partial charge in [-0.15, -0.1) is 7.42 Å². The van der Waals surface area contributed by atoms with Gasteiger partial charge in [0.2, 0.25) is 0 Å². The quantitative estimate of drug-likeness (QED) is 0.445. The van der Waals surface area contributed by atoms with Crippen LogP contribution in [0, 0.1) is 0 Å². The van der Waals surface area contributed by atoms with Gasteiger partial charge >= 0.3 is 0 Å². The standard InChI is InChI=1S/C12H38N2P2Si4/c1-17(2,3)14(18(4,5)6)16(13,20(10,11)12)15-19(7,8)9/h13H2,1-12H3. The normalized spacial score (nSPS) is 18.5. The van der Waals surface area contributed by atoms with E-state index in [0.29, 0.717) is 0 Å². The second kappa shape index (κ2) is 6.20. The molecule has 20 heavy (non-hydrogen) atoms. The Labute approximate surface area is 133 Å². The Morgan fingerprint density at radius 3 is 1.15 bits per heavy atom. The summed E-state index contributed by atoms with van der Waals surface area (Å²) in [7, 11) is -3.73. The Hall–Kier alpha value is 1.52. The molecule has 0 fully saturated rings. The third-order valence-corrected chi connectivity index (χ3v) is 46.8. The molecule has 0 spiro atoms. The average molecular weight is 385 g/mol. The van der Waals surface area contributed by atoms with Crippen molar-refractivity contribution in [1.29, 1.82) is 0 Å². The molecule has 0 aromatic carbocycles. The predicted molar refractivity (Wildman–Crippen MR) is 113 cm³/mol. The molecule has 1 atom stereocenters. The molecule has 0 heterocycles. The first-order valence-corrected chi connectivity index (χ1v) is 26.5. The first-order valence-electron chi connectivity index (χ1n) is 7.55. The fourth-order valence-corrected chi connectivity index (χ4v) is 71.8. The Balaban J connectivity index is 6.48. The molecule has 0 amide bonds. The van der Waals surface area contributed by atoms with Crippen LogP contribution in [0.2, 0.25) is 78.6 Å². The summed E-state index contributed by atoms with van der Waals surface area (Å²) in [5.41, 5.74) is 7.37. The largest absolute Gasteiger partial charge is 0.315 e. The van der Waals surface area contributed by atoms with Gasteiger partial charge < -0.3 is 9.51 Å². The number of nitrogens with zero attached hydrogens (tertiary/aromatic N) is 1. The van der Waals surface area contributed by atoms with Gasteiger partial charge in [0.05, 0.1) is 0 Å². The van der Waals surface area contributed by atoms with Crippen LogP contribution in [-0.2, 0) is 0 Å². The molecule has 2 N–H and O–H groups in total. The molecule has 8 heteroatoms. The highest BCUT2D eigenvalue weighted by molar-refractivity contribution is 8.32. The summed E-state index contributed by atoms with van der Waals surface area (Å²) in [5.74, 6) is 0. The van der Waals surface area contributed by atoms with Crippen LogP contribution in [-0.4, -0.2) is 36.0 Å². The third kappa shape index (κ3) is 5.62. The highest BCUT2D eigenvalue weighted by atomic mass is 32.0. The van der Waals surface area contributed by atoms with Gasteiger partial charge in [-0.3, -0.25) is 0 Å². The van der Waals surface area contributed by atoms with Gasteiger partial charge in [0.15, 0.2) is 0 Å². The van der Waals surface area contributed by atoms with E-state index in [1.807, 2.05) is 0 Å². The van der Waals surface area contributed by atoms with E-state index in [1.165, 1.54) is 0 Å². The maximum Gasteiger partial charge on any atom is 0.117 e. The lowest BCUT2D eigenvalue weighted by molar-refractivity contribution is 0.973. The van der Waals surface area contributed by atoms with Crippen molar-refractivity contribution in [2.75, 3.05) is 0 Å². The molecule has 0 aliphatic carbocycles. The lowest BCUT2D eigenvalue weighted by Gasteiger charge is -2.55. The zero-order valence-electron chi connectivity index (χ0n) is 15.9. The zero-order valence-corrected chi connectivity index (χ0v) is 21.7. The molecule has 2 nitrogen and oxygen atoms in total. The minimum atomic E-state index is -1.50. The maximum absolute atomic E-state index is 7.37. The highest BCUT2D eigenvalue weighted by Gasteiger charge is 2.47. The SMILES string of the molecule is C[Si](C)(C)P=P(N)(N([Si](C)(C)C)[Si](C)(C)C)[Si](C)(C)C. The van der Waals surface area contributed by atoms with E-state index in [9.17, 15) is 0 Å². The molecule has 0 aromatic heterocycles. The van der Waals surface area contributed by atoms with Crippen LogP contribution < -0.4 is 5.50 Å². The Morgan fingerprint density at radius 1 is 0.700 bits per heavy atom. The number of hydrogen-bond acceptors (Lipinski definition) is 0. The molecule has 0 aliphatic rings. The summed E-state index contributed by atoms with van der Waals surface area (Å²) in [6.07, 6.45) is -1.50. The average Bonchev–Trinajstić information content (AvgIpc) is 1.89. The van der Waals surface area contributed by atoms with E-state index in [-0.39, 0.29) is 0 Å². The van der Waals surface area contributed by atoms with E-state index < -0.39 is 38.4 Å². The lowest BCUT2D eigenvalue weighted by atomic mass is 11.8. The fourth-order valence-electron chi connectivity index (χ4n) is 2.87. The summed E-state index contributed by atoms with van der Waals surface area (Å²) in [5, 5.41) is 0. The number of hydrogen-bond donors (Lipinski definition) is 1. The maximum atomic E-state index is 7.37. The minimum absolute atomic E-state index is 1.19. The van der Waals surface area contributed by atoms with Crippen molar-refractivity contribution >= 4 is 45.8 Å². The molecule has 0 rings (SSSR count). The topological polar surface area (TPSA) is 29.3 Å². The van der Waals surface area contributed by atoms with Gasteiger partial charge in [-0.05, 0) is 6.40 Å². The minimum Gasteiger partial charge on any atom is -0.315 e. The van der Waals surface area contributed by atoms with Crippen molar-refractivity contribution in [3.8, 4) is 0 Å². The van der Waals surface area contributed by atoms with Crippen LogP contribution in [0.1, 0.15) is 0 Å². The first-order chi connectivity index (χ1) is 8.32. The summed E-state index contributed by atoms with van der Waals surface area (Å²) in [6.45, 7) is 30.1. The second-order valence-corrected chi connectivity index (χ2v) is 46.6. The van der Waals surface area contributed by atoms with Crippen LogP contribution in [0.3, 0.4) is 0 Å². The molecule has 0 aromatic rings.